The molecule has 2 N–H and O–H groups in total. The Morgan fingerprint density at radius 2 is 1.74 bits per heavy atom. The fourth-order valence-corrected chi connectivity index (χ4v) is 1.57. The Balaban J connectivity index is 2.03. The van der Waals surface area contributed by atoms with E-state index in [1.807, 2.05) is 6.07 Å². The van der Waals surface area contributed by atoms with E-state index in [0.717, 1.165) is 0 Å². The van der Waals surface area contributed by atoms with Crippen LogP contribution >= 0.6 is 0 Å². The average Bonchev–Trinajstić information content (AvgIpc) is 2.42. The van der Waals surface area contributed by atoms with E-state index in [-0.39, 0.29) is 5.82 Å². The van der Waals surface area contributed by atoms with Crippen LogP contribution in [-0.2, 0) is 0 Å². The number of hydrogen-bond donors (Lipinski definition) is 2. The highest BCUT2D eigenvalue weighted by molar-refractivity contribution is 6.00. The summed E-state index contributed by atoms with van der Waals surface area (Å²) in [7, 11) is 1.53. The zero-order valence-electron chi connectivity index (χ0n) is 10.3. The lowest BCUT2D eigenvalue weighted by Crippen LogP contribution is -2.19. The van der Waals surface area contributed by atoms with E-state index in [4.69, 9.17) is 4.74 Å². The van der Waals surface area contributed by atoms with Crippen molar-refractivity contribution in [1.29, 1.82) is 0 Å². The SMILES string of the molecule is COc1ccccc1NC(=O)Nc1ccc(F)cc1. The Kier molecular flexibility index (Phi) is 3.97. The molecule has 0 spiro atoms. The molecule has 0 unspecified atom stereocenters. The topological polar surface area (TPSA) is 50.4 Å². The van der Waals surface area contributed by atoms with Crippen LogP contribution < -0.4 is 15.4 Å². The highest BCUT2D eigenvalue weighted by Gasteiger charge is 2.06. The number of ether oxygens (including phenoxy) is 1. The van der Waals surface area contributed by atoms with E-state index in [9.17, 15) is 9.18 Å². The summed E-state index contributed by atoms with van der Waals surface area (Å²) < 4.78 is 17.8. The molecular weight excluding hydrogens is 247 g/mol. The van der Waals surface area contributed by atoms with Crippen LogP contribution in [0.4, 0.5) is 20.6 Å². The molecule has 98 valence electrons. The summed E-state index contributed by atoms with van der Waals surface area (Å²) >= 11 is 0. The van der Waals surface area contributed by atoms with Crippen molar-refractivity contribution in [2.45, 2.75) is 0 Å². The van der Waals surface area contributed by atoms with Crippen LogP contribution in [0.5, 0.6) is 5.75 Å². The second kappa shape index (κ2) is 5.86. The van der Waals surface area contributed by atoms with E-state index in [1.165, 1.54) is 31.4 Å². The molecule has 0 heterocycles. The van der Waals surface area contributed by atoms with E-state index in [0.29, 0.717) is 17.1 Å². The molecule has 5 heteroatoms. The van der Waals surface area contributed by atoms with Crippen molar-refractivity contribution in [2.24, 2.45) is 0 Å². The molecule has 4 nitrogen and oxygen atoms in total. The number of halogens is 1. The van der Waals surface area contributed by atoms with Gasteiger partial charge < -0.3 is 15.4 Å². The second-order valence-corrected chi connectivity index (χ2v) is 3.79. The molecule has 0 saturated heterocycles. The number of amides is 2. The number of benzene rings is 2. The van der Waals surface area contributed by atoms with Gasteiger partial charge in [-0.15, -0.1) is 0 Å². The number of nitrogens with one attached hydrogen (secondary N) is 2. The number of anilines is 2. The molecule has 19 heavy (non-hydrogen) atoms. The maximum Gasteiger partial charge on any atom is 0.323 e. The molecule has 0 radical (unpaired) electrons. The Labute approximate surface area is 110 Å². The lowest BCUT2D eigenvalue weighted by molar-refractivity contribution is 0.262. The maximum absolute atomic E-state index is 12.7. The van der Waals surface area contributed by atoms with E-state index >= 15 is 0 Å². The highest BCUT2D eigenvalue weighted by atomic mass is 19.1. The molecule has 0 aliphatic heterocycles. The van der Waals surface area contributed by atoms with Gasteiger partial charge in [0.1, 0.15) is 11.6 Å². The molecule has 0 aliphatic rings. The van der Waals surface area contributed by atoms with Gasteiger partial charge in [-0.1, -0.05) is 12.1 Å². The van der Waals surface area contributed by atoms with Gasteiger partial charge in [-0.3, -0.25) is 0 Å². The molecular formula is C14H13FN2O2. The fraction of sp³-hybridized carbons (Fsp3) is 0.0714. The first kappa shape index (κ1) is 12.9. The smallest absolute Gasteiger partial charge is 0.323 e. The third kappa shape index (κ3) is 3.45. The quantitative estimate of drug-likeness (QED) is 0.887. The lowest BCUT2D eigenvalue weighted by atomic mass is 10.3. The highest BCUT2D eigenvalue weighted by Crippen LogP contribution is 2.23. The van der Waals surface area contributed by atoms with Crippen LogP contribution in [-0.4, -0.2) is 13.1 Å². The standard InChI is InChI=1S/C14H13FN2O2/c1-19-13-5-3-2-4-12(13)17-14(18)16-11-8-6-10(15)7-9-11/h2-9H,1H3,(H2,16,17,18). The van der Waals surface area contributed by atoms with E-state index < -0.39 is 6.03 Å². The number of carbonyl (C=O) groups is 1. The zero-order valence-corrected chi connectivity index (χ0v) is 10.3. The molecule has 2 aromatic rings. The summed E-state index contributed by atoms with van der Waals surface area (Å²) in [6.45, 7) is 0. The van der Waals surface area contributed by atoms with Gasteiger partial charge in [-0.25, -0.2) is 9.18 Å². The Morgan fingerprint density at radius 1 is 1.05 bits per heavy atom. The molecule has 2 aromatic carbocycles. The first-order valence-corrected chi connectivity index (χ1v) is 5.65. The van der Waals surface area contributed by atoms with Crippen molar-refractivity contribution < 1.29 is 13.9 Å². The fourth-order valence-electron chi connectivity index (χ4n) is 1.57. The Hall–Kier alpha value is -2.56. The normalized spacial score (nSPS) is 9.79. The summed E-state index contributed by atoms with van der Waals surface area (Å²) in [4.78, 5) is 11.8. The van der Waals surface area contributed by atoms with Gasteiger partial charge in [0.2, 0.25) is 0 Å². The minimum atomic E-state index is -0.420. The molecule has 2 rings (SSSR count). The van der Waals surface area contributed by atoms with Gasteiger partial charge >= 0.3 is 6.03 Å². The van der Waals surface area contributed by atoms with E-state index in [2.05, 4.69) is 10.6 Å². The summed E-state index contributed by atoms with van der Waals surface area (Å²) in [6.07, 6.45) is 0. The van der Waals surface area contributed by atoms with Crippen LogP contribution in [0.25, 0.3) is 0 Å². The van der Waals surface area contributed by atoms with Gasteiger partial charge in [0, 0.05) is 5.69 Å². The zero-order chi connectivity index (χ0) is 13.7. The molecule has 2 amide bonds. The third-order valence-electron chi connectivity index (χ3n) is 2.46. The number of rotatable bonds is 3. The van der Waals surface area contributed by atoms with Gasteiger partial charge in [0.25, 0.3) is 0 Å². The molecule has 0 atom stereocenters. The summed E-state index contributed by atoms with van der Waals surface area (Å²) in [5.74, 6) is 0.215. The molecule has 0 fully saturated rings. The van der Waals surface area contributed by atoms with Gasteiger partial charge in [-0.05, 0) is 36.4 Å². The predicted molar refractivity (Wildman–Crippen MR) is 72.0 cm³/mol. The van der Waals surface area contributed by atoms with Gasteiger partial charge in [-0.2, -0.15) is 0 Å². The summed E-state index contributed by atoms with van der Waals surface area (Å²) in [5.41, 5.74) is 1.07. The maximum atomic E-state index is 12.7. The van der Waals surface area contributed by atoms with Gasteiger partial charge in [0.05, 0.1) is 12.8 Å². The number of carbonyl (C=O) groups excluding carboxylic acids is 1. The Morgan fingerprint density at radius 3 is 2.42 bits per heavy atom. The lowest BCUT2D eigenvalue weighted by Gasteiger charge is -2.10. The minimum Gasteiger partial charge on any atom is -0.495 e. The third-order valence-corrected chi connectivity index (χ3v) is 2.46. The van der Waals surface area contributed by atoms with Crippen LogP contribution in [0, 0.1) is 5.82 Å². The van der Waals surface area contributed by atoms with Crippen molar-refractivity contribution >= 4 is 17.4 Å². The average molecular weight is 260 g/mol. The molecule has 0 saturated carbocycles. The van der Waals surface area contributed by atoms with Crippen LogP contribution in [0.2, 0.25) is 0 Å². The van der Waals surface area contributed by atoms with Crippen molar-refractivity contribution in [3.63, 3.8) is 0 Å². The Bertz CT molecular complexity index is 570. The first-order chi connectivity index (χ1) is 9.19. The monoisotopic (exact) mass is 260 g/mol. The van der Waals surface area contributed by atoms with Crippen molar-refractivity contribution in [1.82, 2.24) is 0 Å². The van der Waals surface area contributed by atoms with Crippen LogP contribution in [0.1, 0.15) is 0 Å². The van der Waals surface area contributed by atoms with E-state index in [1.54, 1.807) is 18.2 Å². The number of para-hydroxylation sites is 2. The largest absolute Gasteiger partial charge is 0.495 e. The molecule has 0 aliphatic carbocycles. The second-order valence-electron chi connectivity index (χ2n) is 3.79. The number of urea groups is 1. The number of hydrogen-bond acceptors (Lipinski definition) is 2. The summed E-state index contributed by atoms with van der Waals surface area (Å²) in [5, 5.41) is 5.25. The van der Waals surface area contributed by atoms with Crippen molar-refractivity contribution in [3.05, 3.63) is 54.3 Å². The van der Waals surface area contributed by atoms with Crippen molar-refractivity contribution in [2.75, 3.05) is 17.7 Å². The summed E-state index contributed by atoms with van der Waals surface area (Å²) in [6, 6.07) is 12.2. The molecule has 0 bridgehead atoms. The predicted octanol–water partition coefficient (Wildman–Crippen LogP) is 3.48. The van der Waals surface area contributed by atoms with Crippen LogP contribution in [0.3, 0.4) is 0 Å². The molecule has 0 aromatic heterocycles. The number of methoxy groups -OCH3 is 1. The first-order valence-electron chi connectivity index (χ1n) is 5.65. The minimum absolute atomic E-state index is 0.351. The van der Waals surface area contributed by atoms with Gasteiger partial charge in [0.15, 0.2) is 0 Å². The van der Waals surface area contributed by atoms with Crippen LogP contribution in [0.15, 0.2) is 48.5 Å². The van der Waals surface area contributed by atoms with Crippen molar-refractivity contribution in [3.8, 4) is 5.75 Å².